The lowest BCUT2D eigenvalue weighted by Crippen LogP contribution is -2.03. The van der Waals surface area contributed by atoms with Crippen molar-refractivity contribution in [2.45, 2.75) is 58.3 Å². The summed E-state index contributed by atoms with van der Waals surface area (Å²) in [6, 6.07) is 0. The maximum atomic E-state index is 11.6. The van der Waals surface area contributed by atoms with Gasteiger partial charge in [-0.2, -0.15) is 0 Å². The van der Waals surface area contributed by atoms with Gasteiger partial charge in [0.1, 0.15) is 5.78 Å². The van der Waals surface area contributed by atoms with Gasteiger partial charge in [0.2, 0.25) is 0 Å². The molecule has 0 amide bonds. The monoisotopic (exact) mass is 254 g/mol. The third-order valence-electron chi connectivity index (χ3n) is 2.76. The highest BCUT2D eigenvalue weighted by atomic mass is 32.1. The Hall–Kier alpha value is -0.900. The Morgan fingerprint density at radius 1 is 1.29 bits per heavy atom. The number of rotatable bonds is 9. The van der Waals surface area contributed by atoms with Crippen molar-refractivity contribution in [2.75, 3.05) is 5.73 Å². The first-order valence-corrected chi connectivity index (χ1v) is 7.32. The van der Waals surface area contributed by atoms with Crippen molar-refractivity contribution in [3.63, 3.8) is 0 Å². The summed E-state index contributed by atoms with van der Waals surface area (Å²) in [7, 11) is 0. The molecule has 0 saturated heterocycles. The quantitative estimate of drug-likeness (QED) is 0.685. The maximum Gasteiger partial charge on any atom is 0.180 e. The minimum absolute atomic E-state index is 0.283. The molecule has 0 fully saturated rings. The van der Waals surface area contributed by atoms with Gasteiger partial charge in [0.15, 0.2) is 5.13 Å². The standard InChI is InChI=1S/C13H22N2OS/c1-2-3-4-5-6-7-8-12(16)9-11-10-17-13(14)15-11/h10H,2-9H2,1H3,(H2,14,15). The van der Waals surface area contributed by atoms with Gasteiger partial charge >= 0.3 is 0 Å². The normalized spacial score (nSPS) is 10.6. The van der Waals surface area contributed by atoms with Crippen LogP contribution in [0.5, 0.6) is 0 Å². The molecule has 1 aromatic rings. The first-order chi connectivity index (χ1) is 8.22. The molecule has 1 heterocycles. The van der Waals surface area contributed by atoms with Gasteiger partial charge in [0.25, 0.3) is 0 Å². The van der Waals surface area contributed by atoms with E-state index in [2.05, 4.69) is 11.9 Å². The fraction of sp³-hybridized carbons (Fsp3) is 0.692. The molecule has 1 aromatic heterocycles. The van der Waals surface area contributed by atoms with Gasteiger partial charge in [-0.05, 0) is 6.42 Å². The highest BCUT2D eigenvalue weighted by molar-refractivity contribution is 7.13. The number of anilines is 1. The van der Waals surface area contributed by atoms with Gasteiger partial charge < -0.3 is 5.73 Å². The lowest BCUT2D eigenvalue weighted by Gasteiger charge is -2.00. The second kappa shape index (κ2) is 8.23. The summed E-state index contributed by atoms with van der Waals surface area (Å²) in [5, 5.41) is 2.42. The summed E-state index contributed by atoms with van der Waals surface area (Å²) in [4.78, 5) is 15.7. The molecule has 1 rings (SSSR count). The van der Waals surface area contributed by atoms with E-state index in [0.717, 1.165) is 12.1 Å². The average Bonchev–Trinajstić information content (AvgIpc) is 2.69. The van der Waals surface area contributed by atoms with E-state index in [1.165, 1.54) is 43.4 Å². The van der Waals surface area contributed by atoms with E-state index >= 15 is 0 Å². The zero-order valence-electron chi connectivity index (χ0n) is 10.6. The number of hydrogen-bond acceptors (Lipinski definition) is 4. The fourth-order valence-corrected chi connectivity index (χ4v) is 2.36. The minimum Gasteiger partial charge on any atom is -0.375 e. The zero-order chi connectivity index (χ0) is 12.5. The van der Waals surface area contributed by atoms with Crippen LogP contribution >= 0.6 is 11.3 Å². The van der Waals surface area contributed by atoms with Crippen molar-refractivity contribution in [3.8, 4) is 0 Å². The van der Waals surface area contributed by atoms with E-state index in [0.29, 0.717) is 18.0 Å². The van der Waals surface area contributed by atoms with Crippen LogP contribution in [0, 0.1) is 0 Å². The van der Waals surface area contributed by atoms with Crippen molar-refractivity contribution in [3.05, 3.63) is 11.1 Å². The van der Waals surface area contributed by atoms with Gasteiger partial charge in [-0.25, -0.2) is 4.98 Å². The van der Waals surface area contributed by atoms with Crippen LogP contribution in [0.4, 0.5) is 5.13 Å². The van der Waals surface area contributed by atoms with Gasteiger partial charge in [-0.1, -0.05) is 39.0 Å². The van der Waals surface area contributed by atoms with Gasteiger partial charge in [-0.15, -0.1) is 11.3 Å². The summed E-state index contributed by atoms with van der Waals surface area (Å²) >= 11 is 1.40. The molecule has 0 spiro atoms. The first-order valence-electron chi connectivity index (χ1n) is 6.44. The molecule has 3 nitrogen and oxygen atoms in total. The number of Topliss-reactive ketones (excluding diaryl/α,β-unsaturated/α-hetero) is 1. The number of aromatic nitrogens is 1. The van der Waals surface area contributed by atoms with E-state index in [1.54, 1.807) is 0 Å². The van der Waals surface area contributed by atoms with Crippen LogP contribution in [-0.4, -0.2) is 10.8 Å². The van der Waals surface area contributed by atoms with E-state index in [4.69, 9.17) is 5.73 Å². The maximum absolute atomic E-state index is 11.6. The molecule has 96 valence electrons. The first kappa shape index (κ1) is 14.2. The van der Waals surface area contributed by atoms with E-state index in [-0.39, 0.29) is 5.78 Å². The molecule has 0 bridgehead atoms. The van der Waals surface area contributed by atoms with Gasteiger partial charge in [0.05, 0.1) is 5.69 Å². The third kappa shape index (κ3) is 6.41. The molecule has 0 aromatic carbocycles. The predicted octanol–water partition coefficient (Wildman–Crippen LogP) is 3.59. The van der Waals surface area contributed by atoms with Crippen molar-refractivity contribution in [1.82, 2.24) is 4.98 Å². The van der Waals surface area contributed by atoms with E-state index in [9.17, 15) is 4.79 Å². The van der Waals surface area contributed by atoms with Gasteiger partial charge in [-0.3, -0.25) is 4.79 Å². The smallest absolute Gasteiger partial charge is 0.180 e. The summed E-state index contributed by atoms with van der Waals surface area (Å²) in [5.74, 6) is 0.283. The summed E-state index contributed by atoms with van der Waals surface area (Å²) in [5.41, 5.74) is 6.34. The number of nitrogens with zero attached hydrogens (tertiary/aromatic N) is 1. The largest absolute Gasteiger partial charge is 0.375 e. The Morgan fingerprint density at radius 2 is 2.00 bits per heavy atom. The van der Waals surface area contributed by atoms with Crippen LogP contribution in [0.15, 0.2) is 5.38 Å². The molecule has 4 heteroatoms. The number of carbonyl (C=O) groups is 1. The number of hydrogen-bond donors (Lipinski definition) is 1. The fourth-order valence-electron chi connectivity index (χ4n) is 1.80. The lowest BCUT2D eigenvalue weighted by atomic mass is 10.1. The SMILES string of the molecule is CCCCCCCCC(=O)Cc1csc(N)n1. The summed E-state index contributed by atoms with van der Waals surface area (Å²) in [6.07, 6.45) is 8.45. The lowest BCUT2D eigenvalue weighted by molar-refractivity contribution is -0.118. The zero-order valence-corrected chi connectivity index (χ0v) is 11.4. The number of unbranched alkanes of at least 4 members (excludes halogenated alkanes) is 5. The molecule has 17 heavy (non-hydrogen) atoms. The Morgan fingerprint density at radius 3 is 2.65 bits per heavy atom. The predicted molar refractivity (Wildman–Crippen MR) is 73.2 cm³/mol. The molecule has 2 N–H and O–H groups in total. The molecule has 0 aliphatic rings. The van der Waals surface area contributed by atoms with Crippen molar-refractivity contribution >= 4 is 22.3 Å². The molecule has 0 unspecified atom stereocenters. The highest BCUT2D eigenvalue weighted by Gasteiger charge is 2.06. The summed E-state index contributed by atoms with van der Waals surface area (Å²) < 4.78 is 0. The Bertz CT molecular complexity index is 336. The highest BCUT2D eigenvalue weighted by Crippen LogP contribution is 2.13. The topological polar surface area (TPSA) is 56.0 Å². The second-order valence-electron chi connectivity index (χ2n) is 4.41. The van der Waals surface area contributed by atoms with Gasteiger partial charge in [0, 0.05) is 18.2 Å². The van der Waals surface area contributed by atoms with Crippen molar-refractivity contribution < 1.29 is 4.79 Å². The van der Waals surface area contributed by atoms with Crippen LogP contribution in [0.25, 0.3) is 0 Å². The molecular weight excluding hydrogens is 232 g/mol. The number of carbonyl (C=O) groups excluding carboxylic acids is 1. The second-order valence-corrected chi connectivity index (χ2v) is 5.30. The average molecular weight is 254 g/mol. The van der Waals surface area contributed by atoms with Crippen LogP contribution in [-0.2, 0) is 11.2 Å². The van der Waals surface area contributed by atoms with Crippen LogP contribution in [0.2, 0.25) is 0 Å². The molecular formula is C13H22N2OS. The third-order valence-corrected chi connectivity index (χ3v) is 3.48. The Labute approximate surface area is 107 Å². The molecule has 0 aliphatic heterocycles. The van der Waals surface area contributed by atoms with Crippen LogP contribution in [0.1, 0.15) is 57.6 Å². The number of nitrogen functional groups attached to an aromatic ring is 1. The Kier molecular flexibility index (Phi) is 6.86. The van der Waals surface area contributed by atoms with Crippen LogP contribution < -0.4 is 5.73 Å². The van der Waals surface area contributed by atoms with Crippen molar-refractivity contribution in [2.24, 2.45) is 0 Å². The molecule has 0 radical (unpaired) electrons. The molecule has 0 saturated carbocycles. The van der Waals surface area contributed by atoms with E-state index < -0.39 is 0 Å². The molecule has 0 aliphatic carbocycles. The number of nitrogens with two attached hydrogens (primary N) is 1. The number of ketones is 1. The summed E-state index contributed by atoms with van der Waals surface area (Å²) in [6.45, 7) is 2.21. The van der Waals surface area contributed by atoms with Crippen LogP contribution in [0.3, 0.4) is 0 Å². The van der Waals surface area contributed by atoms with E-state index in [1.807, 2.05) is 5.38 Å². The Balaban J connectivity index is 2.05. The number of thiazole rings is 1. The molecule has 0 atom stereocenters. The minimum atomic E-state index is 0.283. The van der Waals surface area contributed by atoms with Crippen molar-refractivity contribution in [1.29, 1.82) is 0 Å².